The van der Waals surface area contributed by atoms with Gasteiger partial charge in [0.15, 0.2) is 5.92 Å². The van der Waals surface area contributed by atoms with Crippen molar-refractivity contribution in [2.45, 2.75) is 6.18 Å². The van der Waals surface area contributed by atoms with E-state index in [1.807, 2.05) is 0 Å². The fourth-order valence-electron chi connectivity index (χ4n) is 1.99. The molecule has 1 aromatic rings. The second-order valence-electron chi connectivity index (χ2n) is 4.80. The van der Waals surface area contributed by atoms with Gasteiger partial charge in [0.2, 0.25) is 5.78 Å². The minimum Gasteiger partial charge on any atom is -0.291 e. The first kappa shape index (κ1) is 16.6. The van der Waals surface area contributed by atoms with Gasteiger partial charge in [-0.2, -0.15) is 13.2 Å². The molecule has 0 unspecified atom stereocenters. The van der Waals surface area contributed by atoms with Crippen LogP contribution in [0.25, 0.3) is 0 Å². The van der Waals surface area contributed by atoms with Gasteiger partial charge < -0.3 is 0 Å². The van der Waals surface area contributed by atoms with Crippen LogP contribution in [0.3, 0.4) is 0 Å². The Bertz CT molecular complexity index is 675. The number of ketones is 1. The minimum absolute atomic E-state index is 0.434. The zero-order chi connectivity index (χ0) is 17.5. The van der Waals surface area contributed by atoms with Gasteiger partial charge in [-0.25, -0.2) is 4.79 Å². The molecule has 1 fully saturated rings. The third-order valence-electron chi connectivity index (χ3n) is 3.33. The number of pyridine rings is 1. The summed E-state index contributed by atoms with van der Waals surface area (Å²) in [5.74, 6) is -5.01. The van der Waals surface area contributed by atoms with Gasteiger partial charge in [0, 0.05) is 20.3 Å². The molecule has 0 aromatic carbocycles. The van der Waals surface area contributed by atoms with E-state index in [0.717, 1.165) is 20.2 Å². The average molecular weight is 329 g/mol. The molecule has 2 heterocycles. The SMILES string of the molecule is CN1C(=O)C(C(=O)c2ccc(C(F)(F)F)cn2)C(=O)N(C)C1=O. The number of carbonyl (C=O) groups excluding carboxylic acids is 4. The van der Waals surface area contributed by atoms with Gasteiger partial charge in [0.25, 0.3) is 11.8 Å². The zero-order valence-electron chi connectivity index (χ0n) is 11.9. The molecule has 7 nitrogen and oxygen atoms in total. The van der Waals surface area contributed by atoms with E-state index in [1.165, 1.54) is 0 Å². The van der Waals surface area contributed by atoms with Crippen molar-refractivity contribution < 1.29 is 32.3 Å². The summed E-state index contributed by atoms with van der Waals surface area (Å²) in [5, 5.41) is 0. The maximum atomic E-state index is 12.5. The predicted molar refractivity (Wildman–Crippen MR) is 68.0 cm³/mol. The number of hydrogen-bond acceptors (Lipinski definition) is 5. The maximum Gasteiger partial charge on any atom is 0.417 e. The number of nitrogens with zero attached hydrogens (tertiary/aromatic N) is 3. The second-order valence-corrected chi connectivity index (χ2v) is 4.80. The molecule has 0 atom stereocenters. The lowest BCUT2D eigenvalue weighted by Crippen LogP contribution is -2.58. The van der Waals surface area contributed by atoms with E-state index in [9.17, 15) is 32.3 Å². The molecule has 0 bridgehead atoms. The number of barbiturate groups is 1. The van der Waals surface area contributed by atoms with Crippen LogP contribution in [0.4, 0.5) is 18.0 Å². The Kier molecular flexibility index (Phi) is 3.93. The molecule has 0 radical (unpaired) electrons. The monoisotopic (exact) mass is 329 g/mol. The van der Waals surface area contributed by atoms with E-state index in [2.05, 4.69) is 4.98 Å². The number of urea groups is 1. The number of hydrogen-bond donors (Lipinski definition) is 0. The van der Waals surface area contributed by atoms with Crippen LogP contribution in [-0.2, 0) is 15.8 Å². The Hall–Kier alpha value is -2.78. The number of Topliss-reactive ketones (excluding diaryl/α,β-unsaturated/α-hetero) is 1. The lowest BCUT2D eigenvalue weighted by Gasteiger charge is -2.31. The van der Waals surface area contributed by atoms with Crippen LogP contribution >= 0.6 is 0 Å². The first-order valence-electron chi connectivity index (χ1n) is 6.22. The van der Waals surface area contributed by atoms with Crippen LogP contribution in [0.2, 0.25) is 0 Å². The molecule has 1 saturated heterocycles. The number of rotatable bonds is 2. The second kappa shape index (κ2) is 5.45. The molecule has 1 aromatic heterocycles. The maximum absolute atomic E-state index is 12.5. The number of halogens is 3. The lowest BCUT2D eigenvalue weighted by atomic mass is 9.96. The number of imide groups is 2. The molecule has 2 rings (SSSR count). The number of alkyl halides is 3. The lowest BCUT2D eigenvalue weighted by molar-refractivity contribution is -0.145. The van der Waals surface area contributed by atoms with E-state index in [-0.39, 0.29) is 0 Å². The standard InChI is InChI=1S/C13H10F3N3O4/c1-18-10(21)8(11(22)19(2)12(18)23)9(20)7-4-3-6(5-17-7)13(14,15)16/h3-5,8H,1-2H3. The molecule has 0 aliphatic carbocycles. The number of aromatic nitrogens is 1. The van der Waals surface area contributed by atoms with Gasteiger partial charge in [-0.3, -0.25) is 29.2 Å². The van der Waals surface area contributed by atoms with E-state index < -0.39 is 47.0 Å². The van der Waals surface area contributed by atoms with E-state index in [4.69, 9.17) is 0 Å². The van der Waals surface area contributed by atoms with Gasteiger partial charge in [0.1, 0.15) is 5.69 Å². The van der Waals surface area contributed by atoms with Gasteiger partial charge in [0.05, 0.1) is 5.56 Å². The van der Waals surface area contributed by atoms with Crippen LogP contribution in [0, 0.1) is 5.92 Å². The Balaban J connectivity index is 2.34. The summed E-state index contributed by atoms with van der Waals surface area (Å²) in [4.78, 5) is 52.3. The fraction of sp³-hybridized carbons (Fsp3) is 0.308. The van der Waals surface area contributed by atoms with E-state index in [1.54, 1.807) is 0 Å². The average Bonchev–Trinajstić information content (AvgIpc) is 2.50. The minimum atomic E-state index is -4.63. The zero-order valence-corrected chi connectivity index (χ0v) is 11.9. The molecular weight excluding hydrogens is 319 g/mol. The largest absolute Gasteiger partial charge is 0.417 e. The van der Waals surface area contributed by atoms with Crippen LogP contribution in [0.5, 0.6) is 0 Å². The Morgan fingerprint density at radius 2 is 1.61 bits per heavy atom. The molecule has 10 heteroatoms. The summed E-state index contributed by atoms with van der Waals surface area (Å²) < 4.78 is 37.4. The highest BCUT2D eigenvalue weighted by atomic mass is 19.4. The van der Waals surface area contributed by atoms with Crippen LogP contribution in [-0.4, -0.2) is 52.5 Å². The normalized spacial score (nSPS) is 17.0. The van der Waals surface area contributed by atoms with Crippen molar-refractivity contribution in [2.24, 2.45) is 5.92 Å². The van der Waals surface area contributed by atoms with E-state index >= 15 is 0 Å². The van der Waals surface area contributed by atoms with Crippen molar-refractivity contribution in [1.82, 2.24) is 14.8 Å². The van der Waals surface area contributed by atoms with Crippen molar-refractivity contribution in [1.29, 1.82) is 0 Å². The van der Waals surface area contributed by atoms with Gasteiger partial charge in [-0.05, 0) is 12.1 Å². The van der Waals surface area contributed by atoms with E-state index in [0.29, 0.717) is 22.1 Å². The number of carbonyl (C=O) groups is 4. The van der Waals surface area contributed by atoms with Crippen molar-refractivity contribution in [3.05, 3.63) is 29.6 Å². The van der Waals surface area contributed by atoms with Gasteiger partial charge in [-0.15, -0.1) is 0 Å². The topological polar surface area (TPSA) is 87.7 Å². The van der Waals surface area contributed by atoms with Gasteiger partial charge >= 0.3 is 12.2 Å². The predicted octanol–water partition coefficient (Wildman–Crippen LogP) is 0.950. The smallest absolute Gasteiger partial charge is 0.291 e. The highest BCUT2D eigenvalue weighted by Crippen LogP contribution is 2.29. The molecule has 1 aliphatic rings. The third kappa shape index (κ3) is 2.79. The molecule has 0 saturated carbocycles. The summed E-state index contributed by atoms with van der Waals surface area (Å²) >= 11 is 0. The Morgan fingerprint density at radius 1 is 1.09 bits per heavy atom. The molecule has 1 aliphatic heterocycles. The molecule has 0 spiro atoms. The van der Waals surface area contributed by atoms with Gasteiger partial charge in [-0.1, -0.05) is 0 Å². The summed E-state index contributed by atoms with van der Waals surface area (Å²) in [6, 6.07) is 0.503. The molecule has 0 N–H and O–H groups in total. The highest BCUT2D eigenvalue weighted by molar-refractivity contribution is 6.29. The molecular formula is C13H10F3N3O4. The summed E-state index contributed by atoms with van der Waals surface area (Å²) in [6.07, 6.45) is -4.19. The first-order chi connectivity index (χ1) is 10.6. The third-order valence-corrected chi connectivity index (χ3v) is 3.33. The first-order valence-corrected chi connectivity index (χ1v) is 6.22. The summed E-state index contributed by atoms with van der Waals surface area (Å²) in [6.45, 7) is 0. The van der Waals surface area contributed by atoms with Crippen molar-refractivity contribution in [3.8, 4) is 0 Å². The Morgan fingerprint density at radius 3 is 2.00 bits per heavy atom. The summed E-state index contributed by atoms with van der Waals surface area (Å²) in [5.41, 5.74) is -1.54. The van der Waals surface area contributed by atoms with Crippen molar-refractivity contribution >= 4 is 23.6 Å². The van der Waals surface area contributed by atoms with Crippen molar-refractivity contribution in [3.63, 3.8) is 0 Å². The summed E-state index contributed by atoms with van der Waals surface area (Å²) in [7, 11) is 2.18. The van der Waals surface area contributed by atoms with Crippen LogP contribution in [0.1, 0.15) is 16.1 Å². The highest BCUT2D eigenvalue weighted by Gasteiger charge is 2.47. The molecule has 122 valence electrons. The van der Waals surface area contributed by atoms with Crippen LogP contribution < -0.4 is 0 Å². The molecule has 4 amide bonds. The van der Waals surface area contributed by atoms with Crippen LogP contribution in [0.15, 0.2) is 18.3 Å². The fourth-order valence-corrected chi connectivity index (χ4v) is 1.99. The number of amides is 4. The Labute approximate surface area is 127 Å². The quantitative estimate of drug-likeness (QED) is 0.595. The molecule has 23 heavy (non-hydrogen) atoms. The van der Waals surface area contributed by atoms with Crippen molar-refractivity contribution in [2.75, 3.05) is 14.1 Å².